The average Bonchev–Trinajstić information content (AvgIpc) is 2.17. The molecule has 0 radical (unpaired) electrons. The Morgan fingerprint density at radius 2 is 1.94 bits per heavy atom. The summed E-state index contributed by atoms with van der Waals surface area (Å²) in [6, 6.07) is 0. The fourth-order valence-corrected chi connectivity index (χ4v) is 3.76. The summed E-state index contributed by atoms with van der Waals surface area (Å²) in [5.41, 5.74) is -0.451. The van der Waals surface area contributed by atoms with Gasteiger partial charge in [-0.2, -0.15) is 0 Å². The molecule has 98 valence electrons. The first-order chi connectivity index (χ1) is 7.66. The van der Waals surface area contributed by atoms with Gasteiger partial charge in [-0.15, -0.1) is 0 Å². The molecule has 1 N–H and O–H groups in total. The number of fused-ring (bicyclic) bond motifs is 1. The van der Waals surface area contributed by atoms with E-state index in [1.807, 2.05) is 0 Å². The van der Waals surface area contributed by atoms with E-state index in [1.165, 1.54) is 0 Å². The summed E-state index contributed by atoms with van der Waals surface area (Å²) in [7, 11) is 0. The Morgan fingerprint density at radius 3 is 2.53 bits per heavy atom. The molecule has 3 atom stereocenters. The monoisotopic (exact) mass is 238 g/mol. The lowest BCUT2D eigenvalue weighted by atomic mass is 9.52. The minimum atomic E-state index is -0.718. The van der Waals surface area contributed by atoms with Crippen molar-refractivity contribution in [3.63, 3.8) is 0 Å². The topological polar surface area (TPSA) is 37.3 Å². The number of aliphatic hydroxyl groups is 1. The molecule has 0 heterocycles. The lowest BCUT2D eigenvalue weighted by Crippen LogP contribution is -2.56. The quantitative estimate of drug-likeness (QED) is 0.703. The lowest BCUT2D eigenvalue weighted by Gasteiger charge is -2.55. The molecule has 0 aromatic carbocycles. The van der Waals surface area contributed by atoms with Crippen molar-refractivity contribution in [2.75, 3.05) is 0 Å². The van der Waals surface area contributed by atoms with Crippen LogP contribution in [-0.4, -0.2) is 16.5 Å². The van der Waals surface area contributed by atoms with E-state index in [9.17, 15) is 9.90 Å². The molecule has 0 saturated heterocycles. The highest BCUT2D eigenvalue weighted by Crippen LogP contribution is 2.56. The van der Waals surface area contributed by atoms with Crippen molar-refractivity contribution in [3.8, 4) is 0 Å². The number of carbonyl (C=O) groups excluding carboxylic acids is 1. The van der Waals surface area contributed by atoms with Crippen molar-refractivity contribution in [1.82, 2.24) is 0 Å². The highest BCUT2D eigenvalue weighted by molar-refractivity contribution is 5.80. The predicted octanol–water partition coefficient (Wildman–Crippen LogP) is 3.32. The normalized spacial score (nSPS) is 43.4. The van der Waals surface area contributed by atoms with Gasteiger partial charge in [0, 0.05) is 12.8 Å². The van der Waals surface area contributed by atoms with Gasteiger partial charge in [-0.1, -0.05) is 27.7 Å². The maximum absolute atomic E-state index is 11.6. The van der Waals surface area contributed by atoms with Crippen LogP contribution >= 0.6 is 0 Å². The summed E-state index contributed by atoms with van der Waals surface area (Å²) in [6.07, 6.45) is 4.85. The minimum absolute atomic E-state index is 0.0445. The third-order valence-corrected chi connectivity index (χ3v) is 5.40. The van der Waals surface area contributed by atoms with E-state index in [-0.39, 0.29) is 11.2 Å². The van der Waals surface area contributed by atoms with Crippen molar-refractivity contribution < 1.29 is 9.90 Å². The Bertz CT molecular complexity index is 328. The number of ketones is 1. The van der Waals surface area contributed by atoms with Crippen molar-refractivity contribution in [1.29, 1.82) is 0 Å². The van der Waals surface area contributed by atoms with E-state index in [4.69, 9.17) is 0 Å². The summed E-state index contributed by atoms with van der Waals surface area (Å²) < 4.78 is 0. The van der Waals surface area contributed by atoms with Crippen LogP contribution < -0.4 is 0 Å². The molecule has 0 unspecified atom stereocenters. The van der Waals surface area contributed by atoms with Crippen LogP contribution in [0.4, 0.5) is 0 Å². The third-order valence-electron chi connectivity index (χ3n) is 5.40. The predicted molar refractivity (Wildman–Crippen MR) is 68.7 cm³/mol. The van der Waals surface area contributed by atoms with Gasteiger partial charge in [0.15, 0.2) is 0 Å². The fourth-order valence-electron chi connectivity index (χ4n) is 3.76. The first kappa shape index (κ1) is 13.1. The Hall–Kier alpha value is -0.370. The third kappa shape index (κ3) is 2.16. The smallest absolute Gasteiger partial charge is 0.135 e. The molecular weight excluding hydrogens is 212 g/mol. The highest BCUT2D eigenvalue weighted by atomic mass is 16.3. The molecule has 2 saturated carbocycles. The van der Waals surface area contributed by atoms with Crippen molar-refractivity contribution >= 4 is 5.78 Å². The number of hydrogen-bond donors (Lipinski definition) is 1. The van der Waals surface area contributed by atoms with Crippen LogP contribution in [0, 0.1) is 16.7 Å². The summed E-state index contributed by atoms with van der Waals surface area (Å²) in [4.78, 5) is 11.6. The van der Waals surface area contributed by atoms with E-state index in [0.717, 1.165) is 25.7 Å². The molecule has 0 spiro atoms. The number of rotatable bonds is 0. The van der Waals surface area contributed by atoms with Gasteiger partial charge in [-0.3, -0.25) is 4.79 Å². The Labute approximate surface area is 105 Å². The van der Waals surface area contributed by atoms with Crippen LogP contribution in [0.5, 0.6) is 0 Å². The zero-order valence-corrected chi connectivity index (χ0v) is 11.7. The molecule has 0 aromatic rings. The van der Waals surface area contributed by atoms with Crippen molar-refractivity contribution in [3.05, 3.63) is 0 Å². The van der Waals surface area contributed by atoms with Gasteiger partial charge in [0.25, 0.3) is 0 Å². The van der Waals surface area contributed by atoms with Crippen LogP contribution in [-0.2, 0) is 4.79 Å². The maximum atomic E-state index is 11.6. The second-order valence-corrected chi connectivity index (χ2v) is 7.61. The molecule has 0 aliphatic heterocycles. The standard InChI is InChI=1S/C15H26O2/c1-13(2,3)11-5-8-15(17)10-12(16)6-7-14(15,4)9-11/h11,17H,5-10H2,1-4H3/t11-,14+,15-/m0/s1. The first-order valence-corrected chi connectivity index (χ1v) is 6.90. The number of Topliss-reactive ketones (excluding diaryl/α,β-unsaturated/α-hetero) is 1. The zero-order chi connectivity index (χ0) is 12.9. The molecule has 0 amide bonds. The molecule has 0 aromatic heterocycles. The van der Waals surface area contributed by atoms with Crippen molar-refractivity contribution in [2.45, 2.75) is 71.8 Å². The lowest BCUT2D eigenvalue weighted by molar-refractivity contribution is -0.166. The van der Waals surface area contributed by atoms with Crippen LogP contribution in [0.1, 0.15) is 66.2 Å². The van der Waals surface area contributed by atoms with E-state index >= 15 is 0 Å². The van der Waals surface area contributed by atoms with Gasteiger partial charge in [-0.25, -0.2) is 0 Å². The zero-order valence-electron chi connectivity index (χ0n) is 11.7. The van der Waals surface area contributed by atoms with Crippen molar-refractivity contribution in [2.24, 2.45) is 16.7 Å². The van der Waals surface area contributed by atoms with Gasteiger partial charge in [0.2, 0.25) is 0 Å². The van der Waals surface area contributed by atoms with Crippen LogP contribution in [0.15, 0.2) is 0 Å². The largest absolute Gasteiger partial charge is 0.389 e. The second kappa shape index (κ2) is 3.81. The van der Waals surface area contributed by atoms with Gasteiger partial charge >= 0.3 is 0 Å². The molecule has 2 nitrogen and oxygen atoms in total. The minimum Gasteiger partial charge on any atom is -0.389 e. The summed E-state index contributed by atoms with van der Waals surface area (Å²) in [5.74, 6) is 0.917. The average molecular weight is 238 g/mol. The highest BCUT2D eigenvalue weighted by Gasteiger charge is 2.55. The fraction of sp³-hybridized carbons (Fsp3) is 0.933. The number of carbonyl (C=O) groups is 1. The molecule has 2 aliphatic rings. The first-order valence-electron chi connectivity index (χ1n) is 6.90. The molecule has 17 heavy (non-hydrogen) atoms. The van der Waals surface area contributed by atoms with Gasteiger partial charge in [-0.05, 0) is 42.4 Å². The van der Waals surface area contributed by atoms with Crippen LogP contribution in [0.25, 0.3) is 0 Å². The molecule has 2 rings (SSSR count). The molecule has 0 bridgehead atoms. The SMILES string of the molecule is CC(C)(C)[C@H]1CC[C@]2(O)CC(=O)CC[C@]2(C)C1. The van der Waals surface area contributed by atoms with E-state index in [0.29, 0.717) is 24.2 Å². The Balaban J connectivity index is 2.21. The Kier molecular flexibility index (Phi) is 2.93. The van der Waals surface area contributed by atoms with Crippen LogP contribution in [0.3, 0.4) is 0 Å². The molecule has 2 aliphatic carbocycles. The molecular formula is C15H26O2. The summed E-state index contributed by atoms with van der Waals surface area (Å²) >= 11 is 0. The van der Waals surface area contributed by atoms with Gasteiger partial charge in [0.1, 0.15) is 5.78 Å². The van der Waals surface area contributed by atoms with Crippen LogP contribution in [0.2, 0.25) is 0 Å². The summed E-state index contributed by atoms with van der Waals surface area (Å²) in [5, 5.41) is 10.8. The second-order valence-electron chi connectivity index (χ2n) is 7.61. The summed E-state index contributed by atoms with van der Waals surface area (Å²) in [6.45, 7) is 9.06. The number of hydrogen-bond acceptors (Lipinski definition) is 2. The maximum Gasteiger partial charge on any atom is 0.135 e. The molecule has 2 fully saturated rings. The van der Waals surface area contributed by atoms with E-state index < -0.39 is 5.60 Å². The van der Waals surface area contributed by atoms with E-state index in [2.05, 4.69) is 27.7 Å². The van der Waals surface area contributed by atoms with E-state index in [1.54, 1.807) is 0 Å². The molecule has 2 heteroatoms. The van der Waals surface area contributed by atoms with Gasteiger partial charge < -0.3 is 5.11 Å². The Morgan fingerprint density at radius 1 is 1.29 bits per heavy atom. The van der Waals surface area contributed by atoms with Gasteiger partial charge in [0.05, 0.1) is 5.60 Å².